The number of nitrogens with two attached hydrogens (primary N) is 1. The predicted octanol–water partition coefficient (Wildman–Crippen LogP) is 1.50. The van der Waals surface area contributed by atoms with Gasteiger partial charge in [-0.05, 0) is 32.6 Å². The maximum Gasteiger partial charge on any atom is 0.253 e. The van der Waals surface area contributed by atoms with Crippen molar-refractivity contribution in [2.45, 2.75) is 12.5 Å². The van der Waals surface area contributed by atoms with Crippen LogP contribution in [0.15, 0.2) is 36.7 Å². The van der Waals surface area contributed by atoms with Gasteiger partial charge < -0.3 is 15.5 Å². The van der Waals surface area contributed by atoms with Gasteiger partial charge in [-0.25, -0.2) is 9.97 Å². The fraction of sp³-hybridized carbons (Fsp3) is 0.353. The van der Waals surface area contributed by atoms with Crippen molar-refractivity contribution in [3.8, 4) is 11.3 Å². The van der Waals surface area contributed by atoms with E-state index in [1.54, 1.807) is 6.07 Å². The average molecular weight is 311 g/mol. The number of anilines is 1. The monoisotopic (exact) mass is 311 g/mol. The summed E-state index contributed by atoms with van der Waals surface area (Å²) in [5.74, 6) is 0.485. The van der Waals surface area contributed by atoms with E-state index in [9.17, 15) is 4.79 Å². The molecule has 1 unspecified atom stereocenters. The molecule has 6 heteroatoms. The molecule has 1 aromatic carbocycles. The van der Waals surface area contributed by atoms with Gasteiger partial charge in [0.05, 0.1) is 5.69 Å². The molecule has 23 heavy (non-hydrogen) atoms. The van der Waals surface area contributed by atoms with Crippen molar-refractivity contribution >= 4 is 11.7 Å². The second-order valence-electron chi connectivity index (χ2n) is 6.07. The Kier molecular flexibility index (Phi) is 4.25. The molecule has 1 fully saturated rings. The summed E-state index contributed by atoms with van der Waals surface area (Å²) in [5.41, 5.74) is 7.98. The lowest BCUT2D eigenvalue weighted by Crippen LogP contribution is -2.34. The van der Waals surface area contributed by atoms with Crippen molar-refractivity contribution in [3.05, 3.63) is 42.2 Å². The number of rotatable bonds is 3. The molecule has 1 amide bonds. The SMILES string of the molecule is CN(C)C1CCN(C(=O)c2cccc(-c3cc(N)ncn3)c2)C1. The van der Waals surface area contributed by atoms with Crippen LogP contribution >= 0.6 is 0 Å². The van der Waals surface area contributed by atoms with E-state index in [2.05, 4.69) is 29.0 Å². The summed E-state index contributed by atoms with van der Waals surface area (Å²) in [6, 6.07) is 9.66. The first-order valence-corrected chi connectivity index (χ1v) is 7.68. The van der Waals surface area contributed by atoms with Crippen molar-refractivity contribution in [3.63, 3.8) is 0 Å². The second kappa shape index (κ2) is 6.34. The highest BCUT2D eigenvalue weighted by Gasteiger charge is 2.28. The molecule has 120 valence electrons. The number of nitrogens with zero attached hydrogens (tertiary/aromatic N) is 4. The van der Waals surface area contributed by atoms with Gasteiger partial charge in [-0.3, -0.25) is 4.79 Å². The number of hydrogen-bond acceptors (Lipinski definition) is 5. The van der Waals surface area contributed by atoms with E-state index in [4.69, 9.17) is 5.73 Å². The Balaban J connectivity index is 1.81. The molecule has 0 radical (unpaired) electrons. The molecule has 1 aromatic heterocycles. The number of benzene rings is 1. The highest BCUT2D eigenvalue weighted by molar-refractivity contribution is 5.95. The van der Waals surface area contributed by atoms with Crippen LogP contribution in [0.3, 0.4) is 0 Å². The van der Waals surface area contributed by atoms with E-state index in [1.807, 2.05) is 29.2 Å². The van der Waals surface area contributed by atoms with Gasteiger partial charge in [0.25, 0.3) is 5.91 Å². The summed E-state index contributed by atoms with van der Waals surface area (Å²) >= 11 is 0. The van der Waals surface area contributed by atoms with Crippen LogP contribution in [0.5, 0.6) is 0 Å². The minimum Gasteiger partial charge on any atom is -0.384 e. The molecule has 1 aliphatic heterocycles. The van der Waals surface area contributed by atoms with Crippen LogP contribution in [0.2, 0.25) is 0 Å². The maximum atomic E-state index is 12.7. The molecule has 2 heterocycles. The summed E-state index contributed by atoms with van der Waals surface area (Å²) in [4.78, 5) is 24.9. The highest BCUT2D eigenvalue weighted by Crippen LogP contribution is 2.22. The first kappa shape index (κ1) is 15.4. The molecule has 6 nitrogen and oxygen atoms in total. The number of carbonyl (C=O) groups excluding carboxylic acids is 1. The van der Waals surface area contributed by atoms with Gasteiger partial charge in [0.2, 0.25) is 0 Å². The molecule has 0 bridgehead atoms. The van der Waals surface area contributed by atoms with Crippen LogP contribution in [-0.4, -0.2) is 58.9 Å². The zero-order valence-electron chi connectivity index (χ0n) is 13.4. The number of carbonyl (C=O) groups is 1. The van der Waals surface area contributed by atoms with E-state index in [-0.39, 0.29) is 5.91 Å². The van der Waals surface area contributed by atoms with Crippen LogP contribution in [0, 0.1) is 0 Å². The highest BCUT2D eigenvalue weighted by atomic mass is 16.2. The van der Waals surface area contributed by atoms with Crippen LogP contribution in [0.4, 0.5) is 5.82 Å². The van der Waals surface area contributed by atoms with E-state index >= 15 is 0 Å². The Morgan fingerprint density at radius 3 is 2.83 bits per heavy atom. The third kappa shape index (κ3) is 3.32. The Bertz CT molecular complexity index is 716. The molecule has 1 saturated heterocycles. The summed E-state index contributed by atoms with van der Waals surface area (Å²) in [6.45, 7) is 1.57. The van der Waals surface area contributed by atoms with Crippen LogP contribution in [0.25, 0.3) is 11.3 Å². The number of hydrogen-bond donors (Lipinski definition) is 1. The van der Waals surface area contributed by atoms with E-state index < -0.39 is 0 Å². The molecule has 0 aliphatic carbocycles. The van der Waals surface area contributed by atoms with Gasteiger partial charge >= 0.3 is 0 Å². The lowest BCUT2D eigenvalue weighted by molar-refractivity contribution is 0.0783. The average Bonchev–Trinajstić information content (AvgIpc) is 3.04. The normalized spacial score (nSPS) is 17.7. The number of aromatic nitrogens is 2. The summed E-state index contributed by atoms with van der Waals surface area (Å²) in [7, 11) is 4.11. The van der Waals surface area contributed by atoms with Gasteiger partial charge in [-0.2, -0.15) is 0 Å². The van der Waals surface area contributed by atoms with Gasteiger partial charge in [0.15, 0.2) is 0 Å². The van der Waals surface area contributed by atoms with Gasteiger partial charge in [0, 0.05) is 36.3 Å². The fourth-order valence-corrected chi connectivity index (χ4v) is 2.87. The molecular formula is C17H21N5O. The number of likely N-dealkylation sites (tertiary alicyclic amines) is 1. The van der Waals surface area contributed by atoms with Gasteiger partial charge in [0.1, 0.15) is 12.1 Å². The van der Waals surface area contributed by atoms with Crippen molar-refractivity contribution in [2.24, 2.45) is 0 Å². The number of likely N-dealkylation sites (N-methyl/N-ethyl adjacent to an activating group) is 1. The smallest absolute Gasteiger partial charge is 0.253 e. The second-order valence-corrected chi connectivity index (χ2v) is 6.07. The molecule has 3 rings (SSSR count). The van der Waals surface area contributed by atoms with Crippen LogP contribution in [-0.2, 0) is 0 Å². The van der Waals surface area contributed by atoms with Gasteiger partial charge in [-0.15, -0.1) is 0 Å². The predicted molar refractivity (Wildman–Crippen MR) is 89.9 cm³/mol. The topological polar surface area (TPSA) is 75.3 Å². The van der Waals surface area contributed by atoms with Crippen molar-refractivity contribution in [1.29, 1.82) is 0 Å². The van der Waals surface area contributed by atoms with Crippen molar-refractivity contribution in [2.75, 3.05) is 32.9 Å². The Hall–Kier alpha value is -2.47. The molecule has 0 spiro atoms. The van der Waals surface area contributed by atoms with Crippen LogP contribution in [0.1, 0.15) is 16.8 Å². The summed E-state index contributed by atoms with van der Waals surface area (Å²) < 4.78 is 0. The fourth-order valence-electron chi connectivity index (χ4n) is 2.87. The summed E-state index contributed by atoms with van der Waals surface area (Å²) in [6.07, 6.45) is 2.45. The Labute approximate surface area is 135 Å². The Morgan fingerprint density at radius 2 is 2.13 bits per heavy atom. The first-order chi connectivity index (χ1) is 11.0. The largest absolute Gasteiger partial charge is 0.384 e. The third-order valence-corrected chi connectivity index (χ3v) is 4.27. The molecule has 0 saturated carbocycles. The first-order valence-electron chi connectivity index (χ1n) is 7.68. The van der Waals surface area contributed by atoms with Crippen molar-refractivity contribution < 1.29 is 4.79 Å². The zero-order valence-corrected chi connectivity index (χ0v) is 13.4. The minimum absolute atomic E-state index is 0.0678. The van der Waals surface area contributed by atoms with E-state index in [1.165, 1.54) is 6.33 Å². The quantitative estimate of drug-likeness (QED) is 0.930. The van der Waals surface area contributed by atoms with Crippen LogP contribution < -0.4 is 5.73 Å². The lowest BCUT2D eigenvalue weighted by atomic mass is 10.1. The van der Waals surface area contributed by atoms with E-state index in [0.717, 1.165) is 30.8 Å². The standard InChI is InChI=1S/C17H21N5O/c1-21(2)14-6-7-22(10-14)17(23)13-5-3-4-12(8-13)15-9-16(18)20-11-19-15/h3-5,8-9,11,14H,6-7,10H2,1-2H3,(H2,18,19,20). The zero-order chi connectivity index (χ0) is 16.4. The van der Waals surface area contributed by atoms with Gasteiger partial charge in [-0.1, -0.05) is 12.1 Å². The lowest BCUT2D eigenvalue weighted by Gasteiger charge is -2.20. The van der Waals surface area contributed by atoms with Crippen molar-refractivity contribution in [1.82, 2.24) is 19.8 Å². The molecule has 2 aromatic rings. The summed E-state index contributed by atoms with van der Waals surface area (Å²) in [5, 5.41) is 0. The third-order valence-electron chi connectivity index (χ3n) is 4.27. The molecular weight excluding hydrogens is 290 g/mol. The minimum atomic E-state index is 0.0678. The molecule has 1 atom stereocenters. The Morgan fingerprint density at radius 1 is 1.30 bits per heavy atom. The number of amides is 1. The molecule has 1 aliphatic rings. The molecule has 2 N–H and O–H groups in total. The number of nitrogen functional groups attached to an aromatic ring is 1. The van der Waals surface area contributed by atoms with E-state index in [0.29, 0.717) is 17.4 Å². The maximum absolute atomic E-state index is 12.7.